The van der Waals surface area contributed by atoms with Gasteiger partial charge in [0.15, 0.2) is 0 Å². The second-order valence-corrected chi connectivity index (χ2v) is 10.6. The lowest BCUT2D eigenvalue weighted by Gasteiger charge is -2.26. The summed E-state index contributed by atoms with van der Waals surface area (Å²) < 4.78 is 2.35. The first-order valence-corrected chi connectivity index (χ1v) is 14.5. The zero-order chi connectivity index (χ0) is 28.6. The molecule has 0 aliphatic rings. The summed E-state index contributed by atoms with van der Waals surface area (Å²) >= 11 is 0. The average Bonchev–Trinajstić information content (AvgIpc) is 3.71. The molecule has 2 aromatic heterocycles. The molecule has 1 N–H and O–H groups in total. The molecule has 43 heavy (non-hydrogen) atoms. The molecule has 0 unspecified atom stereocenters. The van der Waals surface area contributed by atoms with Crippen molar-refractivity contribution in [1.82, 2.24) is 14.5 Å². The maximum absolute atomic E-state index is 4.66. The molecule has 0 spiro atoms. The Morgan fingerprint density at radius 3 is 1.60 bits per heavy atom. The maximum Gasteiger partial charge on any atom is 0.137 e. The molecule has 4 nitrogen and oxygen atoms in total. The molecule has 0 bridgehead atoms. The van der Waals surface area contributed by atoms with Crippen LogP contribution in [-0.4, -0.2) is 14.5 Å². The van der Waals surface area contributed by atoms with Gasteiger partial charge in [-0.15, -0.1) is 0 Å². The Morgan fingerprint density at radius 1 is 0.465 bits per heavy atom. The van der Waals surface area contributed by atoms with E-state index >= 15 is 0 Å². The van der Waals surface area contributed by atoms with Gasteiger partial charge >= 0.3 is 0 Å². The van der Waals surface area contributed by atoms with Gasteiger partial charge in [-0.2, -0.15) is 0 Å². The summed E-state index contributed by atoms with van der Waals surface area (Å²) in [4.78, 5) is 10.4. The van der Waals surface area contributed by atoms with Crippen LogP contribution in [0.1, 0.15) is 0 Å². The van der Waals surface area contributed by atoms with Crippen LogP contribution in [0.5, 0.6) is 0 Å². The smallest absolute Gasteiger partial charge is 0.137 e. The fraction of sp³-hybridized carbons (Fsp3) is 0. The number of fused-ring (bicyclic) bond motifs is 3. The Labute approximate surface area is 250 Å². The van der Waals surface area contributed by atoms with Crippen LogP contribution < -0.4 is 4.90 Å². The van der Waals surface area contributed by atoms with Gasteiger partial charge in [0.2, 0.25) is 0 Å². The molecule has 0 radical (unpaired) electrons. The van der Waals surface area contributed by atoms with Gasteiger partial charge < -0.3 is 14.5 Å². The third-order valence-corrected chi connectivity index (χ3v) is 8.02. The summed E-state index contributed by atoms with van der Waals surface area (Å²) in [6.45, 7) is 0. The van der Waals surface area contributed by atoms with Crippen LogP contribution in [0.3, 0.4) is 0 Å². The predicted octanol–water partition coefficient (Wildman–Crippen LogP) is 10.3. The minimum atomic E-state index is 0.854. The van der Waals surface area contributed by atoms with Crippen molar-refractivity contribution >= 4 is 38.9 Å². The van der Waals surface area contributed by atoms with Crippen molar-refractivity contribution in [3.8, 4) is 28.3 Å². The largest absolute Gasteiger partial charge is 0.338 e. The molecule has 8 aromatic rings. The van der Waals surface area contributed by atoms with Gasteiger partial charge in [-0.05, 0) is 78.4 Å². The number of hydrogen-bond donors (Lipinski definition) is 1. The monoisotopic (exact) mass is 552 g/mol. The number of nitrogens with one attached hydrogen (secondary N) is 1. The van der Waals surface area contributed by atoms with E-state index in [4.69, 9.17) is 0 Å². The average molecular weight is 553 g/mol. The first-order chi connectivity index (χ1) is 21.3. The zero-order valence-electron chi connectivity index (χ0n) is 23.4. The summed E-state index contributed by atoms with van der Waals surface area (Å²) in [5.41, 5.74) is 10.00. The SMILES string of the molecule is c1ccc(-c2cnc(-c3ccc(N(c4ccccc4)c4ccc(-n5c6ccccc6c6ccccc65)cc4)cc3)[nH]2)cc1. The van der Waals surface area contributed by atoms with E-state index in [9.17, 15) is 0 Å². The number of hydrogen-bond acceptors (Lipinski definition) is 2. The fourth-order valence-electron chi connectivity index (χ4n) is 5.98. The van der Waals surface area contributed by atoms with Crippen molar-refractivity contribution < 1.29 is 0 Å². The second-order valence-electron chi connectivity index (χ2n) is 10.6. The molecular weight excluding hydrogens is 524 g/mol. The van der Waals surface area contributed by atoms with E-state index in [-0.39, 0.29) is 0 Å². The van der Waals surface area contributed by atoms with Crippen molar-refractivity contribution in [1.29, 1.82) is 0 Å². The fourth-order valence-corrected chi connectivity index (χ4v) is 5.98. The molecule has 0 atom stereocenters. The molecule has 0 fully saturated rings. The van der Waals surface area contributed by atoms with E-state index < -0.39 is 0 Å². The normalized spacial score (nSPS) is 11.3. The summed E-state index contributed by atoms with van der Waals surface area (Å²) in [5.74, 6) is 0.854. The van der Waals surface area contributed by atoms with E-state index in [1.54, 1.807) is 0 Å². The maximum atomic E-state index is 4.66. The number of rotatable bonds is 6. The number of H-pyrrole nitrogens is 1. The van der Waals surface area contributed by atoms with Crippen LogP contribution in [0.2, 0.25) is 0 Å². The van der Waals surface area contributed by atoms with Crippen molar-refractivity contribution in [2.45, 2.75) is 0 Å². The quantitative estimate of drug-likeness (QED) is 0.223. The summed E-state index contributed by atoms with van der Waals surface area (Å²) in [5, 5.41) is 2.53. The van der Waals surface area contributed by atoms with Crippen molar-refractivity contribution in [3.05, 3.63) is 164 Å². The van der Waals surface area contributed by atoms with Gasteiger partial charge in [-0.3, -0.25) is 0 Å². The molecule has 0 saturated carbocycles. The second kappa shape index (κ2) is 10.5. The topological polar surface area (TPSA) is 36.9 Å². The van der Waals surface area contributed by atoms with E-state index in [1.165, 1.54) is 21.8 Å². The lowest BCUT2D eigenvalue weighted by Crippen LogP contribution is -2.10. The van der Waals surface area contributed by atoms with Crippen LogP contribution >= 0.6 is 0 Å². The van der Waals surface area contributed by atoms with Gasteiger partial charge in [0.05, 0.1) is 22.9 Å². The lowest BCUT2D eigenvalue weighted by atomic mass is 10.1. The minimum Gasteiger partial charge on any atom is -0.338 e. The van der Waals surface area contributed by atoms with Gasteiger partial charge in [0.25, 0.3) is 0 Å². The number of benzene rings is 6. The molecule has 2 heterocycles. The van der Waals surface area contributed by atoms with Gasteiger partial charge in [-0.25, -0.2) is 4.98 Å². The van der Waals surface area contributed by atoms with Crippen LogP contribution in [0.25, 0.3) is 50.1 Å². The molecule has 0 aliphatic carbocycles. The molecule has 204 valence electrons. The third-order valence-electron chi connectivity index (χ3n) is 8.02. The molecule has 8 rings (SSSR count). The summed E-state index contributed by atoms with van der Waals surface area (Å²) in [7, 11) is 0. The zero-order valence-corrected chi connectivity index (χ0v) is 23.4. The molecule has 0 saturated heterocycles. The Bertz CT molecular complexity index is 2100. The molecular formula is C39H28N4. The van der Waals surface area contributed by atoms with Crippen LogP contribution in [-0.2, 0) is 0 Å². The predicted molar refractivity (Wildman–Crippen MR) is 178 cm³/mol. The first kappa shape index (κ1) is 24.9. The number of aromatic nitrogens is 3. The van der Waals surface area contributed by atoms with E-state index in [1.807, 2.05) is 24.4 Å². The summed E-state index contributed by atoms with van der Waals surface area (Å²) in [6, 6.07) is 55.5. The Hall–Kier alpha value is -5.87. The molecule has 4 heteroatoms. The van der Waals surface area contributed by atoms with Crippen LogP contribution in [0.4, 0.5) is 17.1 Å². The Morgan fingerprint density at radius 2 is 0.977 bits per heavy atom. The lowest BCUT2D eigenvalue weighted by molar-refractivity contribution is 1.17. The Balaban J connectivity index is 1.16. The number of imidazole rings is 1. The molecule has 6 aromatic carbocycles. The van der Waals surface area contributed by atoms with Crippen LogP contribution in [0, 0.1) is 0 Å². The van der Waals surface area contributed by atoms with E-state index in [0.29, 0.717) is 0 Å². The van der Waals surface area contributed by atoms with Crippen LogP contribution in [0.15, 0.2) is 164 Å². The number of para-hydroxylation sites is 3. The number of aromatic amines is 1. The highest BCUT2D eigenvalue weighted by Gasteiger charge is 2.15. The number of nitrogens with zero attached hydrogens (tertiary/aromatic N) is 3. The van der Waals surface area contributed by atoms with Gasteiger partial charge in [0, 0.05) is 39.1 Å². The highest BCUT2D eigenvalue weighted by molar-refractivity contribution is 6.09. The van der Waals surface area contributed by atoms with Crippen molar-refractivity contribution in [2.24, 2.45) is 0 Å². The first-order valence-electron chi connectivity index (χ1n) is 14.5. The third kappa shape index (κ3) is 4.46. The van der Waals surface area contributed by atoms with Gasteiger partial charge in [-0.1, -0.05) is 84.9 Å². The van der Waals surface area contributed by atoms with Crippen molar-refractivity contribution in [3.63, 3.8) is 0 Å². The standard InChI is InChI=1S/C39H28N4/c1-3-11-28(12-4-1)36-27-40-39(41-36)29-19-21-31(22-20-29)42(30-13-5-2-6-14-30)32-23-25-33(26-24-32)43-37-17-9-7-15-34(37)35-16-8-10-18-38(35)43/h1-27H,(H,40,41). The Kier molecular flexibility index (Phi) is 6.08. The number of anilines is 3. The van der Waals surface area contributed by atoms with E-state index in [2.05, 4.69) is 159 Å². The van der Waals surface area contributed by atoms with E-state index in [0.717, 1.165) is 45.4 Å². The van der Waals surface area contributed by atoms with Gasteiger partial charge in [0.1, 0.15) is 5.82 Å². The molecule has 0 aliphatic heterocycles. The van der Waals surface area contributed by atoms with Crippen molar-refractivity contribution in [2.75, 3.05) is 4.90 Å². The highest BCUT2D eigenvalue weighted by atomic mass is 15.1. The summed E-state index contributed by atoms with van der Waals surface area (Å²) in [6.07, 6.45) is 1.90. The highest BCUT2D eigenvalue weighted by Crippen LogP contribution is 2.37. The minimum absolute atomic E-state index is 0.854. The molecule has 0 amide bonds.